The van der Waals surface area contributed by atoms with Crippen molar-refractivity contribution in [1.82, 2.24) is 0 Å². The van der Waals surface area contributed by atoms with Crippen molar-refractivity contribution in [1.29, 1.82) is 0 Å². The largest absolute Gasteiger partial charge is 0.545 e. The first-order valence-corrected chi connectivity index (χ1v) is 4.75. The highest BCUT2D eigenvalue weighted by Gasteiger charge is 2.03. The van der Waals surface area contributed by atoms with Gasteiger partial charge in [0.2, 0.25) is 0 Å². The van der Waals surface area contributed by atoms with E-state index in [1.165, 1.54) is 19.2 Å². The van der Waals surface area contributed by atoms with E-state index >= 15 is 0 Å². The molecular weight excluding hydrogens is 236 g/mol. The number of benzene rings is 1. The summed E-state index contributed by atoms with van der Waals surface area (Å²) in [5.41, 5.74) is 1.04. The lowest BCUT2D eigenvalue weighted by Gasteiger charge is -2.08. The molecule has 0 aliphatic carbocycles. The molecule has 0 aliphatic heterocycles. The molecule has 3 nitrogen and oxygen atoms in total. The zero-order chi connectivity index (χ0) is 9.84. The number of rotatable bonds is 3. The van der Waals surface area contributed by atoms with Crippen molar-refractivity contribution in [2.24, 2.45) is 0 Å². The Morgan fingerprint density at radius 2 is 2.31 bits per heavy atom. The second kappa shape index (κ2) is 4.28. The van der Waals surface area contributed by atoms with E-state index in [1.54, 1.807) is 6.07 Å². The van der Waals surface area contributed by atoms with Crippen LogP contribution in [0.2, 0.25) is 0 Å². The van der Waals surface area contributed by atoms with Gasteiger partial charge in [0.05, 0.1) is 13.1 Å². The van der Waals surface area contributed by atoms with Crippen molar-refractivity contribution >= 4 is 21.9 Å². The van der Waals surface area contributed by atoms with Gasteiger partial charge in [-0.15, -0.1) is 0 Å². The molecule has 0 bridgehead atoms. The van der Waals surface area contributed by atoms with Crippen LogP contribution in [0.15, 0.2) is 18.2 Å². The highest BCUT2D eigenvalue weighted by Crippen LogP contribution is 2.22. The molecule has 0 saturated carbocycles. The summed E-state index contributed by atoms with van der Waals surface area (Å²) in [6.45, 7) is 0. The van der Waals surface area contributed by atoms with E-state index in [2.05, 4.69) is 15.9 Å². The first-order chi connectivity index (χ1) is 6.19. The van der Waals surface area contributed by atoms with Crippen LogP contribution in [0.5, 0.6) is 5.75 Å². The quantitative estimate of drug-likeness (QED) is 0.744. The van der Waals surface area contributed by atoms with E-state index in [9.17, 15) is 9.90 Å². The first kappa shape index (κ1) is 10.1. The average molecular weight is 244 g/mol. The van der Waals surface area contributed by atoms with Gasteiger partial charge in [-0.3, -0.25) is 0 Å². The molecule has 0 aliphatic rings. The number of hydrogen-bond donors (Lipinski definition) is 0. The Morgan fingerprint density at radius 1 is 1.62 bits per heavy atom. The summed E-state index contributed by atoms with van der Waals surface area (Å²) in [7, 11) is 1.50. The number of carbonyl (C=O) groups is 1. The molecular formula is C9H8BrO3-. The van der Waals surface area contributed by atoms with E-state index in [1.807, 2.05) is 0 Å². The smallest absolute Gasteiger partial charge is 0.123 e. The van der Waals surface area contributed by atoms with E-state index in [4.69, 9.17) is 4.74 Å². The van der Waals surface area contributed by atoms with Gasteiger partial charge in [0.25, 0.3) is 0 Å². The van der Waals surface area contributed by atoms with Crippen molar-refractivity contribution in [3.05, 3.63) is 29.3 Å². The Bertz CT molecular complexity index is 323. The Kier molecular flexibility index (Phi) is 3.31. The maximum atomic E-state index is 10.5. The maximum Gasteiger partial charge on any atom is 0.123 e. The van der Waals surface area contributed by atoms with Crippen molar-refractivity contribution in [2.45, 2.75) is 5.33 Å². The molecule has 13 heavy (non-hydrogen) atoms. The van der Waals surface area contributed by atoms with E-state index in [0.29, 0.717) is 11.1 Å². The van der Waals surface area contributed by atoms with Crippen LogP contribution in [0.1, 0.15) is 15.9 Å². The summed E-state index contributed by atoms with van der Waals surface area (Å²) in [5.74, 6) is -0.641. The predicted octanol–water partition coefficient (Wildman–Crippen LogP) is 0.954. The van der Waals surface area contributed by atoms with Crippen molar-refractivity contribution < 1.29 is 14.6 Å². The van der Waals surface area contributed by atoms with Gasteiger partial charge in [-0.1, -0.05) is 28.1 Å². The third kappa shape index (κ3) is 2.21. The second-order valence-electron chi connectivity index (χ2n) is 2.45. The Morgan fingerprint density at radius 3 is 2.77 bits per heavy atom. The summed E-state index contributed by atoms with van der Waals surface area (Å²) in [6, 6.07) is 4.64. The molecule has 1 aromatic rings. The Hall–Kier alpha value is -1.03. The number of carboxylic acids is 1. The standard InChI is InChI=1S/C9H9BrO3/c1-13-8-4-6(9(11)12)2-3-7(8)5-10/h2-4H,5H2,1H3,(H,11,12)/p-1. The van der Waals surface area contributed by atoms with Gasteiger partial charge in [0.15, 0.2) is 0 Å². The lowest BCUT2D eigenvalue weighted by atomic mass is 10.1. The minimum absolute atomic E-state index is 0.126. The number of hydrogen-bond acceptors (Lipinski definition) is 3. The van der Waals surface area contributed by atoms with Crippen molar-refractivity contribution in [3.8, 4) is 5.75 Å². The van der Waals surface area contributed by atoms with Gasteiger partial charge in [-0.2, -0.15) is 0 Å². The Labute approximate surface area is 84.5 Å². The third-order valence-electron chi connectivity index (χ3n) is 1.67. The number of methoxy groups -OCH3 is 1. The maximum absolute atomic E-state index is 10.5. The first-order valence-electron chi connectivity index (χ1n) is 3.63. The van der Waals surface area contributed by atoms with Gasteiger partial charge in [-0.05, 0) is 6.07 Å². The average Bonchev–Trinajstić information content (AvgIpc) is 2.16. The molecule has 0 heterocycles. The minimum atomic E-state index is -1.19. The number of carboxylic acid groups (broad SMARTS) is 1. The van der Waals surface area contributed by atoms with E-state index in [0.717, 1.165) is 5.56 Å². The molecule has 1 aromatic carbocycles. The van der Waals surface area contributed by atoms with Crippen LogP contribution in [-0.2, 0) is 5.33 Å². The summed E-state index contributed by atoms with van der Waals surface area (Å²) in [6.07, 6.45) is 0. The van der Waals surface area contributed by atoms with E-state index in [-0.39, 0.29) is 5.56 Å². The highest BCUT2D eigenvalue weighted by atomic mass is 79.9. The molecule has 0 spiro atoms. The molecule has 70 valence electrons. The monoisotopic (exact) mass is 243 g/mol. The van der Waals surface area contributed by atoms with Crippen molar-refractivity contribution in [2.75, 3.05) is 7.11 Å². The Balaban J connectivity index is 3.13. The number of halogens is 1. The van der Waals surface area contributed by atoms with Gasteiger partial charge >= 0.3 is 0 Å². The normalized spacial score (nSPS) is 9.69. The van der Waals surface area contributed by atoms with E-state index < -0.39 is 5.97 Å². The van der Waals surface area contributed by atoms with Gasteiger partial charge in [0, 0.05) is 16.5 Å². The zero-order valence-corrected chi connectivity index (χ0v) is 8.63. The molecule has 0 saturated heterocycles. The topological polar surface area (TPSA) is 49.4 Å². The fraction of sp³-hybridized carbons (Fsp3) is 0.222. The SMILES string of the molecule is COc1cc(C(=O)[O-])ccc1CBr. The fourth-order valence-electron chi connectivity index (χ4n) is 0.982. The summed E-state index contributed by atoms with van der Waals surface area (Å²) < 4.78 is 5.01. The van der Waals surface area contributed by atoms with Crippen LogP contribution >= 0.6 is 15.9 Å². The summed E-state index contributed by atoms with van der Waals surface area (Å²) in [4.78, 5) is 10.5. The molecule has 1 rings (SSSR count). The summed E-state index contributed by atoms with van der Waals surface area (Å²) >= 11 is 3.27. The molecule has 0 N–H and O–H groups in total. The number of aromatic carboxylic acids is 1. The van der Waals surface area contributed by atoms with Crippen LogP contribution in [0.3, 0.4) is 0 Å². The minimum Gasteiger partial charge on any atom is -0.545 e. The predicted molar refractivity (Wildman–Crippen MR) is 50.0 cm³/mol. The number of ether oxygens (including phenoxy) is 1. The second-order valence-corrected chi connectivity index (χ2v) is 3.01. The van der Waals surface area contributed by atoms with Crippen LogP contribution in [0, 0.1) is 0 Å². The lowest BCUT2D eigenvalue weighted by Crippen LogP contribution is -2.22. The zero-order valence-electron chi connectivity index (χ0n) is 7.04. The fourth-order valence-corrected chi connectivity index (χ4v) is 1.45. The molecule has 4 heteroatoms. The van der Waals surface area contributed by atoms with Gasteiger partial charge in [0.1, 0.15) is 5.75 Å². The number of alkyl halides is 1. The van der Waals surface area contributed by atoms with Gasteiger partial charge in [-0.25, -0.2) is 0 Å². The highest BCUT2D eigenvalue weighted by molar-refractivity contribution is 9.08. The molecule has 0 fully saturated rings. The van der Waals surface area contributed by atoms with Crippen LogP contribution in [0.4, 0.5) is 0 Å². The lowest BCUT2D eigenvalue weighted by molar-refractivity contribution is -0.255. The van der Waals surface area contributed by atoms with Crippen LogP contribution in [0.25, 0.3) is 0 Å². The van der Waals surface area contributed by atoms with Gasteiger partial charge < -0.3 is 14.6 Å². The molecule has 0 radical (unpaired) electrons. The molecule has 0 unspecified atom stereocenters. The number of carbonyl (C=O) groups excluding carboxylic acids is 1. The summed E-state index contributed by atoms with van der Waals surface area (Å²) in [5, 5.41) is 11.1. The van der Waals surface area contributed by atoms with Crippen LogP contribution in [-0.4, -0.2) is 13.1 Å². The third-order valence-corrected chi connectivity index (χ3v) is 2.27. The van der Waals surface area contributed by atoms with Crippen LogP contribution < -0.4 is 9.84 Å². The molecule has 0 aromatic heterocycles. The van der Waals surface area contributed by atoms with Crippen molar-refractivity contribution in [3.63, 3.8) is 0 Å². The molecule has 0 amide bonds. The molecule has 0 atom stereocenters.